The minimum Gasteiger partial charge on any atom is -0.481 e. The first-order valence-electron chi connectivity index (χ1n) is 10.1. The molecule has 0 bridgehead atoms. The molecule has 0 aromatic heterocycles. The van der Waals surface area contributed by atoms with Gasteiger partial charge in [-0.15, -0.1) is 0 Å². The Morgan fingerprint density at radius 3 is 2.55 bits per heavy atom. The second-order valence-electron chi connectivity index (χ2n) is 7.70. The van der Waals surface area contributed by atoms with Gasteiger partial charge >= 0.3 is 5.97 Å². The first-order chi connectivity index (χ1) is 14.0. The van der Waals surface area contributed by atoms with Crippen LogP contribution < -0.4 is 9.47 Å². The van der Waals surface area contributed by atoms with Gasteiger partial charge in [-0.05, 0) is 50.2 Å². The van der Waals surface area contributed by atoms with Crippen molar-refractivity contribution < 1.29 is 34.4 Å². The zero-order valence-corrected chi connectivity index (χ0v) is 16.3. The van der Waals surface area contributed by atoms with Gasteiger partial charge in [0.05, 0.1) is 6.10 Å². The molecular formula is C22H28O7. The van der Waals surface area contributed by atoms with Crippen LogP contribution in [0.5, 0.6) is 11.5 Å². The van der Waals surface area contributed by atoms with Gasteiger partial charge < -0.3 is 24.8 Å². The van der Waals surface area contributed by atoms with Gasteiger partial charge in [0.1, 0.15) is 11.9 Å². The Morgan fingerprint density at radius 1 is 1.21 bits per heavy atom. The zero-order valence-electron chi connectivity index (χ0n) is 16.3. The normalized spacial score (nSPS) is 25.0. The summed E-state index contributed by atoms with van der Waals surface area (Å²) in [5.41, 5.74) is 0. The quantitative estimate of drug-likeness (QED) is 0.406. The highest BCUT2D eigenvalue weighted by atomic mass is 16.7. The van der Waals surface area contributed by atoms with Crippen molar-refractivity contribution in [1.82, 2.24) is 0 Å². The molecule has 1 aliphatic heterocycles. The molecule has 1 saturated carbocycles. The molecule has 2 aliphatic rings. The van der Waals surface area contributed by atoms with E-state index >= 15 is 0 Å². The van der Waals surface area contributed by atoms with Crippen molar-refractivity contribution in [2.24, 2.45) is 11.8 Å². The molecule has 29 heavy (non-hydrogen) atoms. The lowest BCUT2D eigenvalue weighted by Crippen LogP contribution is -2.34. The molecule has 0 unspecified atom stereocenters. The van der Waals surface area contributed by atoms with Gasteiger partial charge in [-0.25, -0.2) is 0 Å². The number of ether oxygens (including phenoxy) is 2. The lowest BCUT2D eigenvalue weighted by molar-refractivity contribution is -0.137. The van der Waals surface area contributed by atoms with E-state index in [4.69, 9.17) is 14.6 Å². The molecular weight excluding hydrogens is 376 g/mol. The Kier molecular flexibility index (Phi) is 7.28. The number of hydrogen-bond donors (Lipinski definition) is 3. The van der Waals surface area contributed by atoms with E-state index < -0.39 is 24.5 Å². The minimum absolute atomic E-state index is 0.0351. The average molecular weight is 404 g/mol. The molecule has 1 aromatic rings. The van der Waals surface area contributed by atoms with Crippen molar-refractivity contribution in [3.8, 4) is 11.5 Å². The summed E-state index contributed by atoms with van der Waals surface area (Å²) in [4.78, 5) is 22.8. The average Bonchev–Trinajstić information content (AvgIpc) is 3.23. The van der Waals surface area contributed by atoms with Gasteiger partial charge in [-0.1, -0.05) is 24.3 Å². The first-order valence-corrected chi connectivity index (χ1v) is 10.1. The number of aliphatic hydroxyl groups excluding tert-OH is 2. The number of hydrogen-bond acceptors (Lipinski definition) is 6. The minimum atomic E-state index is -0.863. The van der Waals surface area contributed by atoms with Crippen LogP contribution >= 0.6 is 0 Å². The number of allylic oxidation sites excluding steroid dienone is 2. The van der Waals surface area contributed by atoms with Gasteiger partial charge in [0.25, 0.3) is 6.29 Å². The number of carboxylic acid groups (broad SMARTS) is 1. The molecule has 1 aliphatic carbocycles. The van der Waals surface area contributed by atoms with Gasteiger partial charge in [0.15, 0.2) is 11.5 Å². The van der Waals surface area contributed by atoms with E-state index in [-0.39, 0.29) is 30.5 Å². The number of fused-ring (bicyclic) bond motifs is 1. The standard InChI is InChI=1S/C22H28O7/c23-16(22-28-19-8-5-6-9-20(19)29-22)12-11-15-14(17(24)13-18(15)25)7-3-1-2-4-10-21(26)27/h1,3,5-6,8-9,14-16,18,22-23,25H,2,4,7,10-13H2,(H,26,27)/b3-1-/t14-,15-,16+,18-/m1/s1. The summed E-state index contributed by atoms with van der Waals surface area (Å²) in [5, 5.41) is 29.4. The second-order valence-corrected chi connectivity index (χ2v) is 7.70. The number of carbonyl (C=O) groups excluding carboxylic acids is 1. The molecule has 0 spiro atoms. The van der Waals surface area contributed by atoms with E-state index in [1.807, 2.05) is 24.3 Å². The van der Waals surface area contributed by atoms with Crippen LogP contribution in [0.2, 0.25) is 0 Å². The highest BCUT2D eigenvalue weighted by Gasteiger charge is 2.41. The van der Waals surface area contributed by atoms with Gasteiger partial charge in [0.2, 0.25) is 0 Å². The number of aliphatic carboxylic acids is 1. The smallest absolute Gasteiger partial charge is 0.303 e. The van der Waals surface area contributed by atoms with E-state index in [0.717, 1.165) is 0 Å². The van der Waals surface area contributed by atoms with E-state index in [9.17, 15) is 19.8 Å². The molecule has 1 fully saturated rings. The number of benzene rings is 1. The third-order valence-corrected chi connectivity index (χ3v) is 5.60. The fourth-order valence-corrected chi connectivity index (χ4v) is 4.02. The Morgan fingerprint density at radius 2 is 1.90 bits per heavy atom. The number of unbranched alkanes of at least 4 members (excludes halogenated alkanes) is 1. The van der Waals surface area contributed by atoms with Crippen molar-refractivity contribution in [1.29, 1.82) is 0 Å². The van der Waals surface area contributed by atoms with Gasteiger partial charge in [0, 0.05) is 18.8 Å². The summed E-state index contributed by atoms with van der Waals surface area (Å²) in [6.45, 7) is 0. The maximum Gasteiger partial charge on any atom is 0.303 e. The van der Waals surface area contributed by atoms with E-state index in [0.29, 0.717) is 43.6 Å². The third-order valence-electron chi connectivity index (χ3n) is 5.60. The zero-order chi connectivity index (χ0) is 20.8. The molecule has 0 amide bonds. The third kappa shape index (κ3) is 5.58. The Bertz CT molecular complexity index is 719. The maximum atomic E-state index is 12.3. The fraction of sp³-hybridized carbons (Fsp3) is 0.545. The first kappa shape index (κ1) is 21.3. The van der Waals surface area contributed by atoms with Crippen LogP contribution in [0.25, 0.3) is 0 Å². The number of carboxylic acids is 1. The number of aliphatic hydroxyl groups is 2. The highest BCUT2D eigenvalue weighted by molar-refractivity contribution is 5.84. The molecule has 7 nitrogen and oxygen atoms in total. The van der Waals surface area contributed by atoms with Crippen molar-refractivity contribution in [2.45, 2.75) is 63.4 Å². The molecule has 7 heteroatoms. The summed E-state index contributed by atoms with van der Waals surface area (Å²) < 4.78 is 11.2. The second kappa shape index (κ2) is 9.89. The Labute approximate surface area is 170 Å². The number of ketones is 1. The predicted molar refractivity (Wildman–Crippen MR) is 105 cm³/mol. The topological polar surface area (TPSA) is 113 Å². The molecule has 3 N–H and O–H groups in total. The molecule has 0 saturated heterocycles. The molecule has 1 heterocycles. The van der Waals surface area contributed by atoms with Crippen LogP contribution in [-0.2, 0) is 9.59 Å². The number of Topliss-reactive ketones (excluding diaryl/α,β-unsaturated/α-hetero) is 1. The summed E-state index contributed by atoms with van der Waals surface area (Å²) in [7, 11) is 0. The van der Waals surface area contributed by atoms with Crippen LogP contribution in [0.15, 0.2) is 36.4 Å². The van der Waals surface area contributed by atoms with Crippen molar-refractivity contribution in [3.05, 3.63) is 36.4 Å². The highest BCUT2D eigenvalue weighted by Crippen LogP contribution is 2.38. The van der Waals surface area contributed by atoms with Crippen LogP contribution in [0.4, 0.5) is 0 Å². The molecule has 158 valence electrons. The SMILES string of the molecule is O=C(O)CCC/C=C\C[C@H]1C(=O)C[C@@H](O)[C@@H]1CC[C@H](O)C1Oc2ccccc2O1. The lowest BCUT2D eigenvalue weighted by Gasteiger charge is -2.23. The number of carbonyl (C=O) groups is 2. The lowest BCUT2D eigenvalue weighted by atomic mass is 9.86. The van der Waals surface area contributed by atoms with E-state index in [1.54, 1.807) is 12.1 Å². The maximum absolute atomic E-state index is 12.3. The fourth-order valence-electron chi connectivity index (χ4n) is 4.02. The monoisotopic (exact) mass is 404 g/mol. The van der Waals surface area contributed by atoms with Gasteiger partial charge in [-0.2, -0.15) is 0 Å². The molecule has 3 rings (SSSR count). The number of para-hydroxylation sites is 2. The predicted octanol–water partition coefficient (Wildman–Crippen LogP) is 2.69. The van der Waals surface area contributed by atoms with Crippen LogP contribution in [0.1, 0.15) is 44.9 Å². The Hall–Kier alpha value is -2.38. The van der Waals surface area contributed by atoms with Crippen LogP contribution in [0, 0.1) is 11.8 Å². The molecule has 0 radical (unpaired) electrons. The van der Waals surface area contributed by atoms with E-state index in [1.165, 1.54) is 0 Å². The van der Waals surface area contributed by atoms with Crippen molar-refractivity contribution >= 4 is 11.8 Å². The summed E-state index contributed by atoms with van der Waals surface area (Å²) in [5.74, 6) is -0.0883. The summed E-state index contributed by atoms with van der Waals surface area (Å²) in [6, 6.07) is 7.22. The Balaban J connectivity index is 1.47. The summed E-state index contributed by atoms with van der Waals surface area (Å²) >= 11 is 0. The van der Waals surface area contributed by atoms with Gasteiger partial charge in [-0.3, -0.25) is 9.59 Å². The van der Waals surface area contributed by atoms with Crippen molar-refractivity contribution in [3.63, 3.8) is 0 Å². The largest absolute Gasteiger partial charge is 0.481 e. The van der Waals surface area contributed by atoms with Crippen LogP contribution in [-0.4, -0.2) is 45.6 Å². The molecule has 1 aromatic carbocycles. The summed E-state index contributed by atoms with van der Waals surface area (Å²) in [6.07, 6.45) is 4.28. The van der Waals surface area contributed by atoms with E-state index in [2.05, 4.69) is 0 Å². The molecule has 4 atom stereocenters. The van der Waals surface area contributed by atoms with Crippen molar-refractivity contribution in [2.75, 3.05) is 0 Å². The number of rotatable bonds is 10. The van der Waals surface area contributed by atoms with Crippen LogP contribution in [0.3, 0.4) is 0 Å².